The Balaban J connectivity index is 1.43. The molecule has 3 nitrogen and oxygen atoms in total. The summed E-state index contributed by atoms with van der Waals surface area (Å²) in [6.07, 6.45) is 10.0. The van der Waals surface area contributed by atoms with Crippen LogP contribution < -0.4 is 4.74 Å². The van der Waals surface area contributed by atoms with E-state index in [2.05, 4.69) is 25.7 Å². The largest absolute Gasteiger partial charge is 0.490 e. The van der Waals surface area contributed by atoms with Crippen LogP contribution in [0.4, 0.5) is 0 Å². The highest BCUT2D eigenvalue weighted by Crippen LogP contribution is 2.52. The topological polar surface area (TPSA) is 29.5 Å². The lowest BCUT2D eigenvalue weighted by atomic mass is 9.65. The first kappa shape index (κ1) is 17.9. The zero-order valence-electron chi connectivity index (χ0n) is 16.6. The van der Waals surface area contributed by atoms with Crippen molar-refractivity contribution < 1.29 is 9.53 Å². The van der Waals surface area contributed by atoms with Crippen molar-refractivity contribution in [1.82, 2.24) is 4.90 Å². The fraction of sp³-hybridized carbons (Fsp3) is 0.696. The maximum absolute atomic E-state index is 13.1. The van der Waals surface area contributed by atoms with Crippen molar-refractivity contribution in [3.8, 4) is 5.75 Å². The summed E-state index contributed by atoms with van der Waals surface area (Å²) < 4.78 is 6.10. The average Bonchev–Trinajstić information content (AvgIpc) is 2.85. The predicted molar refractivity (Wildman–Crippen MR) is 105 cm³/mol. The molecule has 2 bridgehead atoms. The van der Waals surface area contributed by atoms with E-state index in [4.69, 9.17) is 4.74 Å². The van der Waals surface area contributed by atoms with Gasteiger partial charge in [0.05, 0.1) is 6.10 Å². The molecule has 0 aromatic heterocycles. The molecule has 2 atom stereocenters. The van der Waals surface area contributed by atoms with E-state index < -0.39 is 0 Å². The number of amides is 1. The lowest BCUT2D eigenvalue weighted by Crippen LogP contribution is -2.37. The molecule has 2 aliphatic carbocycles. The molecule has 1 aromatic carbocycles. The summed E-state index contributed by atoms with van der Waals surface area (Å²) in [5.41, 5.74) is 1.42. The van der Waals surface area contributed by atoms with Gasteiger partial charge in [-0.05, 0) is 80.0 Å². The Morgan fingerprint density at radius 3 is 2.42 bits per heavy atom. The summed E-state index contributed by atoms with van der Waals surface area (Å²) >= 11 is 0. The number of hydrogen-bond donors (Lipinski definition) is 0. The van der Waals surface area contributed by atoms with Gasteiger partial charge in [-0.2, -0.15) is 0 Å². The van der Waals surface area contributed by atoms with Gasteiger partial charge in [-0.1, -0.05) is 27.2 Å². The number of nitrogens with zero attached hydrogens (tertiary/aromatic N) is 1. The van der Waals surface area contributed by atoms with Crippen molar-refractivity contribution in [2.24, 2.45) is 10.8 Å². The summed E-state index contributed by atoms with van der Waals surface area (Å²) in [6.45, 7) is 7.96. The lowest BCUT2D eigenvalue weighted by Gasteiger charge is -2.39. The highest BCUT2D eigenvalue weighted by molar-refractivity contribution is 5.94. The molecule has 0 spiro atoms. The number of hydrogen-bond acceptors (Lipinski definition) is 2. The number of rotatable bonds is 3. The molecule has 0 unspecified atom stereocenters. The molecular formula is C23H33NO2. The molecule has 26 heavy (non-hydrogen) atoms. The quantitative estimate of drug-likeness (QED) is 0.722. The fourth-order valence-electron chi connectivity index (χ4n) is 5.91. The highest BCUT2D eigenvalue weighted by Gasteiger charge is 2.50. The van der Waals surface area contributed by atoms with Crippen LogP contribution in [0.5, 0.6) is 5.75 Å². The molecule has 1 aromatic rings. The lowest BCUT2D eigenvalue weighted by molar-refractivity contribution is 0.0708. The van der Waals surface area contributed by atoms with E-state index in [1.807, 2.05) is 24.3 Å². The Hall–Kier alpha value is -1.51. The average molecular weight is 356 g/mol. The van der Waals surface area contributed by atoms with Gasteiger partial charge in [-0.3, -0.25) is 4.79 Å². The molecule has 3 fully saturated rings. The summed E-state index contributed by atoms with van der Waals surface area (Å²) in [7, 11) is 0. The highest BCUT2D eigenvalue weighted by atomic mass is 16.5. The molecular weight excluding hydrogens is 322 g/mol. The van der Waals surface area contributed by atoms with Crippen LogP contribution >= 0.6 is 0 Å². The Morgan fingerprint density at radius 1 is 1.04 bits per heavy atom. The second kappa shape index (κ2) is 6.58. The van der Waals surface area contributed by atoms with E-state index in [0.29, 0.717) is 17.6 Å². The molecule has 1 aliphatic heterocycles. The van der Waals surface area contributed by atoms with Gasteiger partial charge in [0.15, 0.2) is 0 Å². The standard InChI is InChI=1S/C23H33NO2/c1-22(2)13-18-14-23(3,15-22)16-24(18)21(25)17-9-11-20(12-10-17)26-19-7-5-4-6-8-19/h9-12,18-19H,4-8,13-16H2,1-3H3/t18-,23-/m1/s1. The molecule has 0 radical (unpaired) electrons. The third kappa shape index (κ3) is 3.63. The van der Waals surface area contributed by atoms with Gasteiger partial charge in [0.1, 0.15) is 5.75 Å². The Morgan fingerprint density at radius 2 is 1.73 bits per heavy atom. The summed E-state index contributed by atoms with van der Waals surface area (Å²) in [5, 5.41) is 0. The zero-order valence-corrected chi connectivity index (χ0v) is 16.6. The van der Waals surface area contributed by atoms with Gasteiger partial charge in [0.2, 0.25) is 0 Å². The van der Waals surface area contributed by atoms with Gasteiger partial charge < -0.3 is 9.64 Å². The van der Waals surface area contributed by atoms with E-state index in [0.717, 1.165) is 43.5 Å². The molecule has 0 N–H and O–H groups in total. The van der Waals surface area contributed by atoms with Crippen LogP contribution in [0.25, 0.3) is 0 Å². The molecule has 1 saturated heterocycles. The second-order valence-corrected chi connectivity index (χ2v) is 10.0. The normalized spacial score (nSPS) is 31.0. The van der Waals surface area contributed by atoms with E-state index in [9.17, 15) is 4.79 Å². The minimum atomic E-state index is 0.195. The van der Waals surface area contributed by atoms with Gasteiger partial charge >= 0.3 is 0 Å². The van der Waals surface area contributed by atoms with Crippen LogP contribution in [0.2, 0.25) is 0 Å². The third-order valence-electron chi connectivity index (χ3n) is 6.63. The predicted octanol–water partition coefficient (Wildman–Crippen LogP) is 5.44. The van der Waals surface area contributed by atoms with Gasteiger partial charge in [0.25, 0.3) is 5.91 Å². The number of ether oxygens (including phenoxy) is 1. The third-order valence-corrected chi connectivity index (χ3v) is 6.63. The Kier molecular flexibility index (Phi) is 4.53. The monoisotopic (exact) mass is 355 g/mol. The minimum absolute atomic E-state index is 0.195. The molecule has 142 valence electrons. The van der Waals surface area contributed by atoms with Crippen molar-refractivity contribution >= 4 is 5.91 Å². The van der Waals surface area contributed by atoms with E-state index in [1.54, 1.807) is 0 Å². The molecule has 3 aliphatic rings. The molecule has 4 rings (SSSR count). The van der Waals surface area contributed by atoms with Gasteiger partial charge in [-0.25, -0.2) is 0 Å². The first-order chi connectivity index (χ1) is 12.3. The van der Waals surface area contributed by atoms with Crippen molar-refractivity contribution in [2.75, 3.05) is 6.54 Å². The van der Waals surface area contributed by atoms with Crippen LogP contribution in [-0.4, -0.2) is 29.5 Å². The smallest absolute Gasteiger partial charge is 0.254 e. The number of carbonyl (C=O) groups is 1. The minimum Gasteiger partial charge on any atom is -0.490 e. The van der Waals surface area contributed by atoms with Crippen LogP contribution in [0, 0.1) is 10.8 Å². The number of benzene rings is 1. The van der Waals surface area contributed by atoms with Crippen molar-refractivity contribution in [1.29, 1.82) is 0 Å². The molecule has 1 amide bonds. The Labute approximate surface area is 158 Å². The Bertz CT molecular complexity index is 659. The van der Waals surface area contributed by atoms with Crippen LogP contribution in [-0.2, 0) is 0 Å². The SMILES string of the molecule is CC1(C)C[C@@H]2C[C@@](C)(CN2C(=O)c2ccc(OC3CCCCC3)cc2)C1. The van der Waals surface area contributed by atoms with Gasteiger partial charge in [0, 0.05) is 18.2 Å². The van der Waals surface area contributed by atoms with E-state index >= 15 is 0 Å². The summed E-state index contributed by atoms with van der Waals surface area (Å²) in [5.74, 6) is 1.10. The fourth-order valence-corrected chi connectivity index (χ4v) is 5.91. The first-order valence-corrected chi connectivity index (χ1v) is 10.4. The summed E-state index contributed by atoms with van der Waals surface area (Å²) in [4.78, 5) is 15.3. The summed E-state index contributed by atoms with van der Waals surface area (Å²) in [6, 6.07) is 8.27. The maximum atomic E-state index is 13.1. The van der Waals surface area contributed by atoms with Crippen LogP contribution in [0.3, 0.4) is 0 Å². The number of likely N-dealkylation sites (tertiary alicyclic amines) is 1. The second-order valence-electron chi connectivity index (χ2n) is 10.0. The number of carbonyl (C=O) groups excluding carboxylic acids is 1. The maximum Gasteiger partial charge on any atom is 0.254 e. The molecule has 2 saturated carbocycles. The molecule has 3 heteroatoms. The van der Waals surface area contributed by atoms with Crippen LogP contribution in [0.1, 0.15) is 82.5 Å². The van der Waals surface area contributed by atoms with Gasteiger partial charge in [-0.15, -0.1) is 0 Å². The van der Waals surface area contributed by atoms with Crippen molar-refractivity contribution in [3.05, 3.63) is 29.8 Å². The number of fused-ring (bicyclic) bond motifs is 2. The van der Waals surface area contributed by atoms with Crippen molar-refractivity contribution in [3.63, 3.8) is 0 Å². The van der Waals surface area contributed by atoms with Crippen molar-refractivity contribution in [2.45, 2.75) is 84.3 Å². The molecule has 1 heterocycles. The van der Waals surface area contributed by atoms with Crippen LogP contribution in [0.15, 0.2) is 24.3 Å². The van der Waals surface area contributed by atoms with E-state index in [-0.39, 0.29) is 11.3 Å². The van der Waals surface area contributed by atoms with E-state index in [1.165, 1.54) is 25.7 Å². The first-order valence-electron chi connectivity index (χ1n) is 10.4. The zero-order chi connectivity index (χ0) is 18.4.